The molecule has 2 heterocycles. The molecule has 196 valence electrons. The number of benzene rings is 3. The smallest absolute Gasteiger partial charge is 0.388 e. The maximum absolute atomic E-state index is 14.2. The summed E-state index contributed by atoms with van der Waals surface area (Å²) in [4.78, 5) is 2.21. The molecule has 0 spiro atoms. The Balaban J connectivity index is 0.00000320. The summed E-state index contributed by atoms with van der Waals surface area (Å²) in [6.45, 7) is 1.93. The third-order valence-electron chi connectivity index (χ3n) is 6.83. The summed E-state index contributed by atoms with van der Waals surface area (Å²) >= 11 is 0. The standard InChI is InChI=1S/C28H25F5N2O.ClH/c29-20-8-6-18(7-9-20)27(36)5-2-13-34-14-12-26-24(17-34)23-16-21(30)10-11-25(23)35(26)22-4-1-3-19(15-22)28(31,32)33;/h1,3-4,6-11,15-16,27,36H,2,5,12-14,17H2;1H. The molecule has 0 aliphatic carbocycles. The first-order chi connectivity index (χ1) is 17.2. The van der Waals surface area contributed by atoms with E-state index in [-0.39, 0.29) is 18.2 Å². The Hall–Kier alpha value is -2.94. The van der Waals surface area contributed by atoms with Gasteiger partial charge in [-0.3, -0.25) is 4.90 Å². The van der Waals surface area contributed by atoms with Crippen LogP contribution in [0.4, 0.5) is 22.0 Å². The normalized spacial score (nSPS) is 14.9. The zero-order chi connectivity index (χ0) is 25.4. The molecule has 1 aliphatic heterocycles. The molecule has 9 heteroatoms. The summed E-state index contributed by atoms with van der Waals surface area (Å²) in [6.07, 6.45) is -3.34. The Morgan fingerprint density at radius 3 is 2.38 bits per heavy atom. The van der Waals surface area contributed by atoms with Crippen LogP contribution in [0.15, 0.2) is 66.7 Å². The Labute approximate surface area is 217 Å². The van der Waals surface area contributed by atoms with E-state index in [0.717, 1.165) is 23.4 Å². The summed E-state index contributed by atoms with van der Waals surface area (Å²) in [6, 6.07) is 15.4. The number of aliphatic hydroxyl groups excluding tert-OH is 1. The highest BCUT2D eigenvalue weighted by molar-refractivity contribution is 5.87. The number of aromatic nitrogens is 1. The molecule has 1 unspecified atom stereocenters. The average molecular weight is 537 g/mol. The lowest BCUT2D eigenvalue weighted by atomic mass is 10.0. The molecule has 0 fully saturated rings. The topological polar surface area (TPSA) is 28.4 Å². The van der Waals surface area contributed by atoms with Crippen molar-refractivity contribution in [2.24, 2.45) is 0 Å². The number of rotatable bonds is 6. The van der Waals surface area contributed by atoms with Crippen molar-refractivity contribution in [1.82, 2.24) is 9.47 Å². The second kappa shape index (κ2) is 10.8. The first-order valence-electron chi connectivity index (χ1n) is 11.9. The van der Waals surface area contributed by atoms with E-state index in [2.05, 4.69) is 4.90 Å². The van der Waals surface area contributed by atoms with Crippen molar-refractivity contribution in [3.63, 3.8) is 0 Å². The fraction of sp³-hybridized carbons (Fsp3) is 0.286. The van der Waals surface area contributed by atoms with Crippen molar-refractivity contribution < 1.29 is 27.1 Å². The number of halogens is 6. The minimum absolute atomic E-state index is 0. The maximum Gasteiger partial charge on any atom is 0.416 e. The van der Waals surface area contributed by atoms with Gasteiger partial charge in [0.1, 0.15) is 11.6 Å². The van der Waals surface area contributed by atoms with Crippen molar-refractivity contribution in [1.29, 1.82) is 0 Å². The van der Waals surface area contributed by atoms with E-state index in [1.807, 2.05) is 4.57 Å². The van der Waals surface area contributed by atoms with Crippen LogP contribution in [-0.2, 0) is 19.1 Å². The van der Waals surface area contributed by atoms with Gasteiger partial charge in [0.05, 0.1) is 17.2 Å². The number of hydrogen-bond acceptors (Lipinski definition) is 2. The van der Waals surface area contributed by atoms with Crippen LogP contribution in [0.3, 0.4) is 0 Å². The second-order valence-electron chi connectivity index (χ2n) is 9.21. The number of aliphatic hydroxyl groups is 1. The van der Waals surface area contributed by atoms with Gasteiger partial charge in [0.25, 0.3) is 0 Å². The van der Waals surface area contributed by atoms with Crippen LogP contribution >= 0.6 is 12.4 Å². The summed E-state index contributed by atoms with van der Waals surface area (Å²) in [5.41, 5.74) is 2.81. The van der Waals surface area contributed by atoms with Gasteiger partial charge in [-0.1, -0.05) is 18.2 Å². The third kappa shape index (κ3) is 5.66. The van der Waals surface area contributed by atoms with Crippen LogP contribution in [0.25, 0.3) is 16.6 Å². The van der Waals surface area contributed by atoms with Gasteiger partial charge < -0.3 is 9.67 Å². The molecule has 4 aromatic rings. The predicted molar refractivity (Wildman–Crippen MR) is 135 cm³/mol. The minimum Gasteiger partial charge on any atom is -0.388 e. The zero-order valence-corrected chi connectivity index (χ0v) is 20.6. The molecule has 1 aliphatic rings. The summed E-state index contributed by atoms with van der Waals surface area (Å²) < 4.78 is 69.2. The molecule has 1 N–H and O–H groups in total. The number of alkyl halides is 3. The number of fused-ring (bicyclic) bond motifs is 3. The van der Waals surface area contributed by atoms with Gasteiger partial charge >= 0.3 is 6.18 Å². The molecule has 0 saturated heterocycles. The Kier molecular flexibility index (Phi) is 7.92. The second-order valence-corrected chi connectivity index (χ2v) is 9.21. The van der Waals surface area contributed by atoms with E-state index >= 15 is 0 Å². The molecule has 3 aromatic carbocycles. The van der Waals surface area contributed by atoms with Crippen LogP contribution < -0.4 is 0 Å². The maximum atomic E-state index is 14.2. The van der Waals surface area contributed by atoms with Crippen molar-refractivity contribution in [2.45, 2.75) is 38.1 Å². The molecule has 0 amide bonds. The summed E-state index contributed by atoms with van der Waals surface area (Å²) in [5.74, 6) is -0.748. The average Bonchev–Trinajstić information content (AvgIpc) is 3.17. The highest BCUT2D eigenvalue weighted by atomic mass is 35.5. The predicted octanol–water partition coefficient (Wildman–Crippen LogP) is 7.22. The van der Waals surface area contributed by atoms with Gasteiger partial charge in [-0.25, -0.2) is 8.78 Å². The SMILES string of the molecule is Cl.OC(CCCN1CCc2c(c3cc(F)ccc3n2-c2cccc(C(F)(F)F)c2)C1)c1ccc(F)cc1. The lowest BCUT2D eigenvalue weighted by Crippen LogP contribution is -2.32. The first-order valence-corrected chi connectivity index (χ1v) is 11.9. The van der Waals surface area contributed by atoms with E-state index in [1.54, 1.807) is 24.3 Å². The van der Waals surface area contributed by atoms with E-state index in [1.165, 1.54) is 30.3 Å². The Morgan fingerprint density at radius 1 is 0.919 bits per heavy atom. The van der Waals surface area contributed by atoms with Crippen LogP contribution in [0.5, 0.6) is 0 Å². The largest absolute Gasteiger partial charge is 0.416 e. The molecule has 1 aromatic heterocycles. The molecule has 3 nitrogen and oxygen atoms in total. The highest BCUT2D eigenvalue weighted by Crippen LogP contribution is 2.36. The van der Waals surface area contributed by atoms with Gasteiger partial charge in [-0.05, 0) is 79.0 Å². The monoisotopic (exact) mass is 536 g/mol. The van der Waals surface area contributed by atoms with E-state index in [0.29, 0.717) is 61.1 Å². The van der Waals surface area contributed by atoms with E-state index < -0.39 is 23.7 Å². The molecule has 1 atom stereocenters. The highest BCUT2D eigenvalue weighted by Gasteiger charge is 2.31. The van der Waals surface area contributed by atoms with Gasteiger partial charge in [0, 0.05) is 36.3 Å². The lowest BCUT2D eigenvalue weighted by Gasteiger charge is -2.28. The summed E-state index contributed by atoms with van der Waals surface area (Å²) in [5, 5.41) is 11.1. The minimum atomic E-state index is -4.46. The van der Waals surface area contributed by atoms with Crippen LogP contribution in [0.1, 0.15) is 41.3 Å². The van der Waals surface area contributed by atoms with Gasteiger partial charge in [-0.2, -0.15) is 13.2 Å². The zero-order valence-electron chi connectivity index (χ0n) is 19.8. The molecule has 0 saturated carbocycles. The fourth-order valence-electron chi connectivity index (χ4n) is 5.05. The van der Waals surface area contributed by atoms with Gasteiger partial charge in [-0.15, -0.1) is 12.4 Å². The van der Waals surface area contributed by atoms with Crippen molar-refractivity contribution in [2.75, 3.05) is 13.1 Å². The third-order valence-corrected chi connectivity index (χ3v) is 6.83. The van der Waals surface area contributed by atoms with Crippen LogP contribution in [-0.4, -0.2) is 27.7 Å². The Bertz CT molecular complexity index is 1380. The number of nitrogens with zero attached hydrogens (tertiary/aromatic N) is 2. The molecular formula is C28H26ClF5N2O. The summed E-state index contributed by atoms with van der Waals surface area (Å²) in [7, 11) is 0. The fourth-order valence-corrected chi connectivity index (χ4v) is 5.05. The molecular weight excluding hydrogens is 511 g/mol. The van der Waals surface area contributed by atoms with E-state index in [4.69, 9.17) is 0 Å². The Morgan fingerprint density at radius 2 is 1.65 bits per heavy atom. The molecule has 0 bridgehead atoms. The van der Waals surface area contributed by atoms with Gasteiger partial charge in [0.15, 0.2) is 0 Å². The van der Waals surface area contributed by atoms with Crippen LogP contribution in [0.2, 0.25) is 0 Å². The molecule has 37 heavy (non-hydrogen) atoms. The first kappa shape index (κ1) is 27.1. The van der Waals surface area contributed by atoms with Crippen molar-refractivity contribution >= 4 is 23.3 Å². The van der Waals surface area contributed by atoms with Crippen LogP contribution in [0, 0.1) is 11.6 Å². The number of hydrogen-bond donors (Lipinski definition) is 1. The van der Waals surface area contributed by atoms with E-state index in [9.17, 15) is 27.1 Å². The van der Waals surface area contributed by atoms with Crippen molar-refractivity contribution in [3.05, 3.63) is 101 Å². The van der Waals surface area contributed by atoms with Crippen molar-refractivity contribution in [3.8, 4) is 5.69 Å². The quantitative estimate of drug-likeness (QED) is 0.263. The molecule has 0 radical (unpaired) electrons. The lowest BCUT2D eigenvalue weighted by molar-refractivity contribution is -0.137. The molecule has 5 rings (SSSR count). The van der Waals surface area contributed by atoms with Gasteiger partial charge in [0.2, 0.25) is 0 Å².